The zero-order chi connectivity index (χ0) is 32.1. The second kappa shape index (κ2) is 14.8. The molecular weight excluding hydrogens is 647 g/mol. The van der Waals surface area contributed by atoms with Crippen LogP contribution in [0.5, 0.6) is 0 Å². The zero-order valence-corrected chi connectivity index (χ0v) is 31.2. The molecule has 0 heterocycles. The third kappa shape index (κ3) is 7.39. The van der Waals surface area contributed by atoms with Crippen LogP contribution in [0.4, 0.5) is 0 Å². The Morgan fingerprint density at radius 3 is 1.22 bits per heavy atom. The molecule has 0 atom stereocenters. The second-order valence-corrected chi connectivity index (χ2v) is 17.1. The van der Waals surface area contributed by atoms with Gasteiger partial charge in [-0.05, 0) is 0 Å². The first-order chi connectivity index (χ1) is 21.7. The van der Waals surface area contributed by atoms with Crippen LogP contribution >= 0.6 is 0 Å². The molecule has 0 aliphatic carbocycles. The first-order valence-corrected chi connectivity index (χ1v) is 19.5. The van der Waals surface area contributed by atoms with Crippen molar-refractivity contribution in [2.24, 2.45) is 0 Å². The molecule has 0 aliphatic heterocycles. The standard InChI is InChI=1S/C30H37.C14H11.Sn/c1-19(2)25-14-10-15-26(20(3)4)29(25)23-12-9-13-24(18-23)30-27(21(5)6)16-11-17-28(30)22(7)8;1-3-7-13(8-4-1)11-12-14-9-5-2-6-10-14;/h9-17,19-22H,1-8H3;1-11H;. The molecule has 0 spiro atoms. The van der Waals surface area contributed by atoms with E-state index in [1.165, 1.54) is 59.2 Å². The Labute approximate surface area is 282 Å². The molecule has 228 valence electrons. The van der Waals surface area contributed by atoms with Crippen molar-refractivity contribution >= 4 is 34.4 Å². The molecule has 0 aliphatic rings. The molecule has 5 aromatic rings. The Balaban J connectivity index is 1.90. The van der Waals surface area contributed by atoms with E-state index in [1.54, 1.807) is 3.58 Å². The molecule has 0 fully saturated rings. The van der Waals surface area contributed by atoms with Gasteiger partial charge in [-0.3, -0.25) is 0 Å². The summed E-state index contributed by atoms with van der Waals surface area (Å²) in [6.45, 7) is 18.8. The fourth-order valence-corrected chi connectivity index (χ4v) is 10.8. The first-order valence-electron chi connectivity index (χ1n) is 16.7. The Morgan fingerprint density at radius 2 is 0.822 bits per heavy atom. The van der Waals surface area contributed by atoms with Crippen LogP contribution < -0.4 is 3.58 Å². The molecule has 0 N–H and O–H groups in total. The van der Waals surface area contributed by atoms with E-state index in [-0.39, 0.29) is 0 Å². The van der Waals surface area contributed by atoms with Crippen molar-refractivity contribution < 1.29 is 0 Å². The van der Waals surface area contributed by atoms with Crippen molar-refractivity contribution in [1.82, 2.24) is 0 Å². The van der Waals surface area contributed by atoms with Crippen molar-refractivity contribution in [3.05, 3.63) is 149 Å². The summed E-state index contributed by atoms with van der Waals surface area (Å²) in [5.74, 6) is 1.73. The van der Waals surface area contributed by atoms with Crippen molar-refractivity contribution in [3.8, 4) is 22.3 Å². The van der Waals surface area contributed by atoms with Gasteiger partial charge in [-0.15, -0.1) is 0 Å². The monoisotopic (exact) mass is 696 g/mol. The minimum atomic E-state index is -1.39. The van der Waals surface area contributed by atoms with Crippen LogP contribution in [-0.2, 0) is 0 Å². The van der Waals surface area contributed by atoms with Crippen LogP contribution in [0.1, 0.15) is 112 Å². The molecule has 0 saturated heterocycles. The van der Waals surface area contributed by atoms with E-state index >= 15 is 0 Å². The fourth-order valence-electron chi connectivity index (χ4n) is 6.49. The molecule has 0 amide bonds. The van der Waals surface area contributed by atoms with E-state index in [0.717, 1.165) is 0 Å². The van der Waals surface area contributed by atoms with Gasteiger partial charge in [0, 0.05) is 0 Å². The van der Waals surface area contributed by atoms with Crippen molar-refractivity contribution in [3.63, 3.8) is 0 Å². The third-order valence-corrected chi connectivity index (χ3v) is 13.1. The Bertz CT molecular complexity index is 1620. The van der Waals surface area contributed by atoms with E-state index < -0.39 is 21.1 Å². The van der Waals surface area contributed by atoms with Crippen molar-refractivity contribution in [1.29, 1.82) is 0 Å². The summed E-state index contributed by atoms with van der Waals surface area (Å²) in [5, 5.41) is 0. The molecule has 0 nitrogen and oxygen atoms in total. The molecule has 0 bridgehead atoms. The topological polar surface area (TPSA) is 0 Å². The van der Waals surface area contributed by atoms with Crippen LogP contribution in [0.25, 0.3) is 31.9 Å². The summed E-state index contributed by atoms with van der Waals surface area (Å²) in [7, 11) is 0. The normalized spacial score (nSPS) is 12.1. The van der Waals surface area contributed by atoms with Gasteiger partial charge < -0.3 is 0 Å². The number of hydrogen-bond acceptors (Lipinski definition) is 0. The number of hydrogen-bond donors (Lipinski definition) is 0. The van der Waals surface area contributed by atoms with E-state index in [0.29, 0.717) is 23.7 Å². The van der Waals surface area contributed by atoms with Crippen LogP contribution in [0.2, 0.25) is 0 Å². The summed E-state index contributed by atoms with van der Waals surface area (Å²) in [5.41, 5.74) is 14.2. The van der Waals surface area contributed by atoms with Crippen LogP contribution in [0, 0.1) is 0 Å². The molecule has 0 unspecified atom stereocenters. The second-order valence-electron chi connectivity index (χ2n) is 13.4. The Hall–Kier alpha value is -3.36. The van der Waals surface area contributed by atoms with Crippen molar-refractivity contribution in [2.75, 3.05) is 0 Å². The average molecular weight is 696 g/mol. The minimum absolute atomic E-state index is 0.434. The van der Waals surface area contributed by atoms with Gasteiger partial charge in [0.15, 0.2) is 0 Å². The van der Waals surface area contributed by atoms with E-state index in [4.69, 9.17) is 0 Å². The van der Waals surface area contributed by atoms with Gasteiger partial charge in [0.1, 0.15) is 0 Å². The fraction of sp³-hybridized carbons (Fsp3) is 0.273. The summed E-state index contributed by atoms with van der Waals surface area (Å²) in [6, 6.07) is 43.2. The molecule has 1 heteroatoms. The van der Waals surface area contributed by atoms with Gasteiger partial charge in [-0.1, -0.05) is 0 Å². The SMILES string of the molecule is CC(C)c1cccc(C(C)C)c1-c1cccc(-c2c(C(C)C)cccc2C(C)C)[c]1[Sn]/[C](=C/c1ccccc1)c1ccccc1. The molecule has 2 radical (unpaired) electrons. The molecule has 0 saturated carbocycles. The summed E-state index contributed by atoms with van der Waals surface area (Å²) in [4.78, 5) is 0. The maximum absolute atomic E-state index is 2.47. The van der Waals surface area contributed by atoms with Gasteiger partial charge in [0.25, 0.3) is 0 Å². The number of benzene rings is 5. The van der Waals surface area contributed by atoms with Gasteiger partial charge in [-0.2, -0.15) is 0 Å². The van der Waals surface area contributed by atoms with Gasteiger partial charge in [0.2, 0.25) is 0 Å². The van der Waals surface area contributed by atoms with Crippen molar-refractivity contribution in [2.45, 2.75) is 79.1 Å². The van der Waals surface area contributed by atoms with Crippen LogP contribution in [0.15, 0.2) is 115 Å². The van der Waals surface area contributed by atoms with E-state index in [1.807, 2.05) is 0 Å². The third-order valence-electron chi connectivity index (χ3n) is 8.80. The molecule has 5 rings (SSSR count). The van der Waals surface area contributed by atoms with E-state index in [9.17, 15) is 0 Å². The zero-order valence-electron chi connectivity index (χ0n) is 28.4. The maximum atomic E-state index is 2.47. The quantitative estimate of drug-likeness (QED) is 0.101. The van der Waals surface area contributed by atoms with Crippen LogP contribution in [0.3, 0.4) is 0 Å². The molecule has 0 aromatic heterocycles. The number of rotatable bonds is 10. The van der Waals surface area contributed by atoms with Crippen LogP contribution in [-0.4, -0.2) is 21.1 Å². The van der Waals surface area contributed by atoms with Gasteiger partial charge >= 0.3 is 284 Å². The summed E-state index contributed by atoms with van der Waals surface area (Å²) < 4.78 is 3.08. The van der Waals surface area contributed by atoms with Gasteiger partial charge in [0.05, 0.1) is 0 Å². The van der Waals surface area contributed by atoms with E-state index in [2.05, 4.69) is 177 Å². The Kier molecular flexibility index (Phi) is 10.9. The predicted molar refractivity (Wildman–Crippen MR) is 200 cm³/mol. The average Bonchev–Trinajstić information content (AvgIpc) is 3.04. The molecule has 45 heavy (non-hydrogen) atoms. The Morgan fingerprint density at radius 1 is 0.444 bits per heavy atom. The summed E-state index contributed by atoms with van der Waals surface area (Å²) >= 11 is -1.39. The summed E-state index contributed by atoms with van der Waals surface area (Å²) in [6.07, 6.45) is 2.47. The predicted octanol–water partition coefficient (Wildman–Crippen LogP) is 12.0. The first kappa shape index (κ1) is 33.0. The molecular formula is C44H48Sn. The van der Waals surface area contributed by atoms with Gasteiger partial charge in [-0.25, -0.2) is 0 Å². The molecule has 5 aromatic carbocycles.